The lowest BCUT2D eigenvalue weighted by atomic mass is 10.2. The Hall–Kier alpha value is -1.05. The fourth-order valence-corrected chi connectivity index (χ4v) is 0.495. The third-order valence-corrected chi connectivity index (χ3v) is 0.872. The summed E-state index contributed by atoms with van der Waals surface area (Å²) in [5.41, 5.74) is 0.590. The lowest BCUT2D eigenvalue weighted by Gasteiger charge is -1.92. The Morgan fingerprint density at radius 3 is 2.25 bits per heavy atom. The number of rotatable bonds is 0. The van der Waals surface area contributed by atoms with Crippen LogP contribution in [0.4, 0.5) is 0 Å². The third-order valence-electron chi connectivity index (χ3n) is 0.872. The molecule has 0 bridgehead atoms. The monoisotopic (exact) mass is 108 g/mol. The first-order valence-corrected chi connectivity index (χ1v) is 2.33. The van der Waals surface area contributed by atoms with Gasteiger partial charge in [-0.2, -0.15) is 0 Å². The van der Waals surface area contributed by atoms with Crippen molar-refractivity contribution in [3.8, 4) is 0 Å². The zero-order valence-electron chi connectivity index (χ0n) is 4.28. The van der Waals surface area contributed by atoms with Gasteiger partial charge in [-0.1, -0.05) is 17.3 Å². The quantitative estimate of drug-likeness (QED) is 0.366. The average Bonchev–Trinajstić information content (AvgIpc) is 1.90. The maximum Gasteiger partial charge on any atom is 0.102 e. The van der Waals surface area contributed by atoms with Crippen molar-refractivity contribution < 1.29 is 5.21 Å². The summed E-state index contributed by atoms with van der Waals surface area (Å²) in [6, 6.07) is 0. The molecule has 0 heterocycles. The second-order valence-corrected chi connectivity index (χ2v) is 1.44. The number of nitrogens with zero attached hydrogens (tertiary/aromatic N) is 1. The van der Waals surface area contributed by atoms with Gasteiger partial charge in [-0.15, -0.1) is 0 Å². The van der Waals surface area contributed by atoms with Crippen LogP contribution in [0.15, 0.2) is 29.5 Å². The predicted octanol–water partition coefficient (Wildman–Crippen LogP) is 1.15. The number of hydrogen-bond donors (Lipinski definition) is 1. The Kier molecular flexibility index (Phi) is 1.47. The van der Waals surface area contributed by atoms with E-state index in [2.05, 4.69) is 5.16 Å². The molecule has 0 aliphatic heterocycles. The van der Waals surface area contributed by atoms with Crippen molar-refractivity contribution in [2.75, 3.05) is 0 Å². The molecule has 1 N–H and O–H groups in total. The maximum absolute atomic E-state index is 8.16. The summed E-state index contributed by atoms with van der Waals surface area (Å²) in [7, 11) is 0. The first-order valence-electron chi connectivity index (χ1n) is 2.33. The van der Waals surface area contributed by atoms with Crippen molar-refractivity contribution in [3.05, 3.63) is 30.7 Å². The number of oxime groups is 1. The van der Waals surface area contributed by atoms with E-state index in [0.717, 1.165) is 0 Å². The maximum atomic E-state index is 8.16. The molecular weight excluding hydrogens is 102 g/mol. The van der Waals surface area contributed by atoms with Gasteiger partial charge in [0.15, 0.2) is 0 Å². The van der Waals surface area contributed by atoms with E-state index < -0.39 is 0 Å². The van der Waals surface area contributed by atoms with E-state index in [1.807, 2.05) is 18.6 Å². The number of allylic oxidation sites excluding steroid dienone is 4. The minimum Gasteiger partial charge on any atom is -0.410 e. The molecule has 0 aromatic carbocycles. The fourth-order valence-electron chi connectivity index (χ4n) is 0.495. The van der Waals surface area contributed by atoms with Gasteiger partial charge >= 0.3 is 0 Å². The second kappa shape index (κ2) is 2.31. The van der Waals surface area contributed by atoms with Crippen LogP contribution in [0.1, 0.15) is 0 Å². The number of hydrogen-bond acceptors (Lipinski definition) is 2. The highest BCUT2D eigenvalue weighted by Gasteiger charge is 1.89. The second-order valence-electron chi connectivity index (χ2n) is 1.44. The summed E-state index contributed by atoms with van der Waals surface area (Å²) in [5.74, 6) is 0. The molecule has 0 fully saturated rings. The zero-order valence-corrected chi connectivity index (χ0v) is 4.28. The Morgan fingerprint density at radius 1 is 1.25 bits per heavy atom. The van der Waals surface area contributed by atoms with Crippen LogP contribution >= 0.6 is 0 Å². The minimum absolute atomic E-state index is 0.590. The van der Waals surface area contributed by atoms with E-state index in [1.54, 1.807) is 12.2 Å². The molecule has 1 rings (SSSR count). The summed E-state index contributed by atoms with van der Waals surface area (Å²) < 4.78 is 0. The lowest BCUT2D eigenvalue weighted by Crippen LogP contribution is -1.89. The molecule has 1 aliphatic rings. The molecule has 0 saturated carbocycles. The summed E-state index contributed by atoms with van der Waals surface area (Å²) in [6.07, 6.45) is 8.94. The van der Waals surface area contributed by atoms with E-state index in [9.17, 15) is 0 Å². The van der Waals surface area contributed by atoms with Gasteiger partial charge in [0.2, 0.25) is 0 Å². The van der Waals surface area contributed by atoms with Crippen molar-refractivity contribution in [1.29, 1.82) is 0 Å². The van der Waals surface area contributed by atoms with E-state index in [-0.39, 0.29) is 0 Å². The topological polar surface area (TPSA) is 32.6 Å². The molecule has 0 aromatic rings. The molecule has 41 valence electrons. The van der Waals surface area contributed by atoms with Crippen molar-refractivity contribution >= 4 is 5.71 Å². The summed E-state index contributed by atoms with van der Waals surface area (Å²) in [4.78, 5) is 0. The van der Waals surface area contributed by atoms with Crippen LogP contribution in [0, 0.1) is 6.42 Å². The molecule has 1 radical (unpaired) electrons. The minimum atomic E-state index is 0.590. The highest BCUT2D eigenvalue weighted by molar-refractivity contribution is 6.04. The van der Waals surface area contributed by atoms with E-state index >= 15 is 0 Å². The molecule has 0 atom stereocenters. The van der Waals surface area contributed by atoms with Crippen LogP contribution in [-0.2, 0) is 0 Å². The van der Waals surface area contributed by atoms with Crippen LogP contribution < -0.4 is 0 Å². The Balaban J connectivity index is 2.69. The molecule has 0 spiro atoms. The third kappa shape index (κ3) is 0.964. The van der Waals surface area contributed by atoms with Gasteiger partial charge in [-0.25, -0.2) is 0 Å². The van der Waals surface area contributed by atoms with Crippen LogP contribution in [0.5, 0.6) is 0 Å². The van der Waals surface area contributed by atoms with E-state index in [0.29, 0.717) is 5.71 Å². The van der Waals surface area contributed by atoms with E-state index in [4.69, 9.17) is 5.21 Å². The fraction of sp³-hybridized carbons (Fsp3) is 0. The smallest absolute Gasteiger partial charge is 0.102 e. The first-order chi connectivity index (χ1) is 3.93. The normalized spacial score (nSPS) is 16.8. The zero-order chi connectivity index (χ0) is 5.82. The standard InChI is InChI=1S/C6H6NO/c8-7-6-4-2-1-3-5-6/h1-5,8H. The highest BCUT2D eigenvalue weighted by Crippen LogP contribution is 1.95. The molecule has 1 aliphatic carbocycles. The Morgan fingerprint density at radius 2 is 1.88 bits per heavy atom. The van der Waals surface area contributed by atoms with Gasteiger partial charge in [0, 0.05) is 6.42 Å². The first kappa shape index (κ1) is 5.09. The summed E-state index contributed by atoms with van der Waals surface area (Å²) in [6.45, 7) is 0. The molecule has 8 heavy (non-hydrogen) atoms. The molecular formula is C6H6NO. The van der Waals surface area contributed by atoms with Crippen LogP contribution in [0.2, 0.25) is 0 Å². The molecule has 2 nitrogen and oxygen atoms in total. The van der Waals surface area contributed by atoms with Gasteiger partial charge in [0.25, 0.3) is 0 Å². The van der Waals surface area contributed by atoms with Gasteiger partial charge < -0.3 is 5.21 Å². The molecule has 0 saturated heterocycles. The van der Waals surface area contributed by atoms with Crippen molar-refractivity contribution in [3.63, 3.8) is 0 Å². The Bertz CT molecular complexity index is 142. The average molecular weight is 108 g/mol. The summed E-state index contributed by atoms with van der Waals surface area (Å²) in [5, 5.41) is 11.1. The molecule has 0 unspecified atom stereocenters. The van der Waals surface area contributed by atoms with Crippen molar-refractivity contribution in [2.45, 2.75) is 0 Å². The highest BCUT2D eigenvalue weighted by atomic mass is 16.4. The molecule has 2 heteroatoms. The van der Waals surface area contributed by atoms with Gasteiger partial charge in [-0.05, 0) is 12.2 Å². The van der Waals surface area contributed by atoms with Crippen LogP contribution in [0.3, 0.4) is 0 Å². The van der Waals surface area contributed by atoms with Gasteiger partial charge in [0.1, 0.15) is 5.71 Å². The predicted molar refractivity (Wildman–Crippen MR) is 31.8 cm³/mol. The van der Waals surface area contributed by atoms with Crippen LogP contribution in [-0.4, -0.2) is 10.9 Å². The molecule has 0 aromatic heterocycles. The van der Waals surface area contributed by atoms with Gasteiger partial charge in [-0.3, -0.25) is 0 Å². The van der Waals surface area contributed by atoms with Gasteiger partial charge in [0.05, 0.1) is 0 Å². The lowest BCUT2D eigenvalue weighted by molar-refractivity contribution is 0.320. The van der Waals surface area contributed by atoms with Crippen molar-refractivity contribution in [1.82, 2.24) is 0 Å². The SMILES string of the molecule is ON=C1C=C[CH]C=C1. The molecule has 0 amide bonds. The largest absolute Gasteiger partial charge is 0.410 e. The summed E-state index contributed by atoms with van der Waals surface area (Å²) >= 11 is 0. The Labute approximate surface area is 47.8 Å². The van der Waals surface area contributed by atoms with E-state index in [1.165, 1.54) is 0 Å². The van der Waals surface area contributed by atoms with Crippen LogP contribution in [0.25, 0.3) is 0 Å². The van der Waals surface area contributed by atoms with Crippen molar-refractivity contribution in [2.24, 2.45) is 5.16 Å².